The van der Waals surface area contributed by atoms with Gasteiger partial charge in [-0.15, -0.1) is 0 Å². The topological polar surface area (TPSA) is 110 Å². The average molecular weight is 345 g/mol. The van der Waals surface area contributed by atoms with Gasteiger partial charge in [0.15, 0.2) is 0 Å². The van der Waals surface area contributed by atoms with Gasteiger partial charge in [0.1, 0.15) is 12.2 Å². The summed E-state index contributed by atoms with van der Waals surface area (Å²) >= 11 is 0. The minimum Gasteiger partial charge on any atom is -0.466 e. The van der Waals surface area contributed by atoms with Crippen LogP contribution in [-0.4, -0.2) is 81.4 Å². The fourth-order valence-electron chi connectivity index (χ4n) is 4.08. The summed E-state index contributed by atoms with van der Waals surface area (Å²) < 4.78 is 4.98. The van der Waals surface area contributed by atoms with Crippen LogP contribution in [-0.2, 0) is 9.53 Å². The molecule has 1 heterocycles. The highest BCUT2D eigenvalue weighted by molar-refractivity contribution is 5.70. The second-order valence-electron chi connectivity index (χ2n) is 7.00. The van der Waals surface area contributed by atoms with Crippen molar-refractivity contribution in [3.8, 4) is 0 Å². The first kappa shape index (κ1) is 19.6. The molecule has 24 heavy (non-hydrogen) atoms. The van der Waals surface area contributed by atoms with Gasteiger partial charge >= 0.3 is 5.97 Å². The van der Waals surface area contributed by atoms with Crippen LogP contribution in [0, 0.1) is 5.92 Å². The Morgan fingerprint density at radius 1 is 1.04 bits per heavy atom. The second kappa shape index (κ2) is 9.10. The molecule has 2 fully saturated rings. The number of piperidine rings is 1. The Labute approximate surface area is 143 Å². The van der Waals surface area contributed by atoms with Crippen LogP contribution in [0.2, 0.25) is 0 Å². The van der Waals surface area contributed by atoms with Gasteiger partial charge in [-0.1, -0.05) is 19.3 Å². The standard InChI is InChI=1S/C17H31NO6/c1-2-24-14(20)8-12-15(21)17(23)16(22)13(10-19)18(12)9-11-6-4-3-5-7-11/h11-13,15-17,19,21-23H,2-10H2,1H3/t12-,13-,15-,16+,17+/m0/s1. The van der Waals surface area contributed by atoms with Gasteiger partial charge in [-0.05, 0) is 25.7 Å². The molecule has 7 nitrogen and oxygen atoms in total. The quantitative estimate of drug-likeness (QED) is 0.487. The summed E-state index contributed by atoms with van der Waals surface area (Å²) in [5.41, 5.74) is 0. The zero-order valence-corrected chi connectivity index (χ0v) is 14.4. The first-order valence-electron chi connectivity index (χ1n) is 9.06. The molecule has 0 radical (unpaired) electrons. The van der Waals surface area contributed by atoms with Crippen molar-refractivity contribution in [1.29, 1.82) is 0 Å². The first-order valence-corrected chi connectivity index (χ1v) is 9.06. The van der Waals surface area contributed by atoms with Crippen molar-refractivity contribution in [2.75, 3.05) is 19.8 Å². The predicted molar refractivity (Wildman–Crippen MR) is 87.2 cm³/mol. The van der Waals surface area contributed by atoms with Gasteiger partial charge in [0.2, 0.25) is 0 Å². The van der Waals surface area contributed by atoms with Gasteiger partial charge < -0.3 is 25.2 Å². The van der Waals surface area contributed by atoms with E-state index in [9.17, 15) is 25.2 Å². The molecule has 0 amide bonds. The van der Waals surface area contributed by atoms with Crippen molar-refractivity contribution in [1.82, 2.24) is 4.90 Å². The highest BCUT2D eigenvalue weighted by Gasteiger charge is 2.48. The molecule has 1 aliphatic heterocycles. The van der Waals surface area contributed by atoms with Crippen LogP contribution in [0.3, 0.4) is 0 Å². The molecule has 1 saturated carbocycles. The van der Waals surface area contributed by atoms with Crippen LogP contribution in [0.5, 0.6) is 0 Å². The fourth-order valence-corrected chi connectivity index (χ4v) is 4.08. The SMILES string of the molecule is CCOC(=O)C[C@H]1[C@H](O)[C@@H](O)[C@H](O)[C@H](CO)N1CC1CCCCC1. The average Bonchev–Trinajstić information content (AvgIpc) is 2.58. The Bertz CT molecular complexity index is 401. The normalized spacial score (nSPS) is 35.8. The summed E-state index contributed by atoms with van der Waals surface area (Å²) in [6, 6.07) is -1.36. The Morgan fingerprint density at radius 2 is 1.67 bits per heavy atom. The molecule has 1 aliphatic carbocycles. The fraction of sp³-hybridized carbons (Fsp3) is 0.941. The molecule has 2 rings (SSSR count). The Hall–Kier alpha value is -0.730. The highest BCUT2D eigenvalue weighted by atomic mass is 16.5. The van der Waals surface area contributed by atoms with E-state index < -0.39 is 36.4 Å². The number of nitrogens with zero attached hydrogens (tertiary/aromatic N) is 1. The minimum absolute atomic E-state index is 0.0675. The molecule has 140 valence electrons. The second-order valence-corrected chi connectivity index (χ2v) is 7.00. The largest absolute Gasteiger partial charge is 0.466 e. The molecular weight excluding hydrogens is 314 g/mol. The summed E-state index contributed by atoms with van der Waals surface area (Å²) in [6.45, 7) is 2.22. The number of esters is 1. The van der Waals surface area contributed by atoms with E-state index in [-0.39, 0.29) is 19.6 Å². The number of carbonyl (C=O) groups is 1. The molecule has 5 atom stereocenters. The number of hydrogen-bond donors (Lipinski definition) is 4. The van der Waals surface area contributed by atoms with Crippen molar-refractivity contribution in [2.24, 2.45) is 5.92 Å². The number of aliphatic hydroxyl groups excluding tert-OH is 4. The van der Waals surface area contributed by atoms with Crippen LogP contribution >= 0.6 is 0 Å². The van der Waals surface area contributed by atoms with Gasteiger partial charge in [-0.3, -0.25) is 9.69 Å². The Balaban J connectivity index is 2.16. The molecule has 0 unspecified atom stereocenters. The molecule has 0 aromatic carbocycles. The number of aliphatic hydroxyl groups is 4. The lowest BCUT2D eigenvalue weighted by atomic mass is 9.83. The van der Waals surface area contributed by atoms with Crippen LogP contribution in [0.25, 0.3) is 0 Å². The maximum absolute atomic E-state index is 11.9. The predicted octanol–water partition coefficient (Wildman–Crippen LogP) is -0.352. The number of ether oxygens (including phenoxy) is 1. The summed E-state index contributed by atoms with van der Waals surface area (Å²) in [6.07, 6.45) is 1.70. The van der Waals surface area contributed by atoms with Crippen LogP contribution in [0.1, 0.15) is 45.4 Å². The minimum atomic E-state index is -1.39. The van der Waals surface area contributed by atoms with E-state index in [2.05, 4.69) is 0 Å². The van der Waals surface area contributed by atoms with E-state index in [1.165, 1.54) is 6.42 Å². The Kier molecular flexibility index (Phi) is 7.43. The van der Waals surface area contributed by atoms with Crippen molar-refractivity contribution in [3.63, 3.8) is 0 Å². The molecule has 2 aliphatic rings. The van der Waals surface area contributed by atoms with E-state index >= 15 is 0 Å². The summed E-state index contributed by atoms with van der Waals surface area (Å²) in [5.74, 6) is -0.0392. The number of rotatable bonds is 6. The monoisotopic (exact) mass is 345 g/mol. The van der Waals surface area contributed by atoms with E-state index in [4.69, 9.17) is 4.74 Å². The van der Waals surface area contributed by atoms with Crippen molar-refractivity contribution in [2.45, 2.75) is 75.8 Å². The molecule has 0 aromatic heterocycles. The van der Waals surface area contributed by atoms with Crippen LogP contribution in [0.4, 0.5) is 0 Å². The van der Waals surface area contributed by atoms with Crippen LogP contribution in [0.15, 0.2) is 0 Å². The third-order valence-electron chi connectivity index (χ3n) is 5.40. The molecule has 1 saturated heterocycles. The zero-order valence-electron chi connectivity index (χ0n) is 14.4. The third kappa shape index (κ3) is 4.46. The first-order chi connectivity index (χ1) is 11.5. The van der Waals surface area contributed by atoms with Crippen molar-refractivity contribution < 1.29 is 30.0 Å². The lowest BCUT2D eigenvalue weighted by Crippen LogP contribution is -2.68. The number of likely N-dealkylation sites (tertiary alicyclic amines) is 1. The van der Waals surface area contributed by atoms with E-state index in [0.717, 1.165) is 25.7 Å². The Morgan fingerprint density at radius 3 is 2.25 bits per heavy atom. The number of carbonyl (C=O) groups excluding carboxylic acids is 1. The lowest BCUT2D eigenvalue weighted by molar-refractivity contribution is -0.181. The molecule has 0 spiro atoms. The van der Waals surface area contributed by atoms with E-state index in [1.54, 1.807) is 6.92 Å². The van der Waals surface area contributed by atoms with E-state index in [0.29, 0.717) is 12.5 Å². The molecule has 0 aromatic rings. The van der Waals surface area contributed by atoms with Gasteiger partial charge in [0.25, 0.3) is 0 Å². The molecule has 4 N–H and O–H groups in total. The maximum atomic E-state index is 11.9. The summed E-state index contributed by atoms with van der Waals surface area (Å²) in [5, 5.41) is 40.4. The summed E-state index contributed by atoms with van der Waals surface area (Å²) in [4.78, 5) is 13.7. The van der Waals surface area contributed by atoms with Gasteiger partial charge in [0, 0.05) is 12.6 Å². The van der Waals surface area contributed by atoms with Gasteiger partial charge in [-0.2, -0.15) is 0 Å². The van der Waals surface area contributed by atoms with Crippen molar-refractivity contribution in [3.05, 3.63) is 0 Å². The molecule has 7 heteroatoms. The van der Waals surface area contributed by atoms with Gasteiger partial charge in [0.05, 0.1) is 31.8 Å². The van der Waals surface area contributed by atoms with Gasteiger partial charge in [-0.25, -0.2) is 0 Å². The van der Waals surface area contributed by atoms with Crippen LogP contribution < -0.4 is 0 Å². The number of hydrogen-bond acceptors (Lipinski definition) is 7. The molecular formula is C17H31NO6. The molecule has 0 bridgehead atoms. The summed E-state index contributed by atoms with van der Waals surface area (Å²) in [7, 11) is 0. The van der Waals surface area contributed by atoms with E-state index in [1.807, 2.05) is 4.90 Å². The lowest BCUT2D eigenvalue weighted by Gasteiger charge is -2.49. The highest BCUT2D eigenvalue weighted by Crippen LogP contribution is 2.31. The van der Waals surface area contributed by atoms with Crippen molar-refractivity contribution >= 4 is 5.97 Å². The maximum Gasteiger partial charge on any atom is 0.307 e. The third-order valence-corrected chi connectivity index (χ3v) is 5.40. The smallest absolute Gasteiger partial charge is 0.307 e. The zero-order chi connectivity index (χ0) is 17.7.